The summed E-state index contributed by atoms with van der Waals surface area (Å²) in [6.07, 6.45) is -5.65. The van der Waals surface area contributed by atoms with Crippen molar-refractivity contribution in [2.75, 3.05) is 5.33 Å². The van der Waals surface area contributed by atoms with E-state index in [0.29, 0.717) is 5.56 Å². The highest BCUT2D eigenvalue weighted by Crippen LogP contribution is 2.30. The first kappa shape index (κ1) is 13.0. The molecule has 0 N–H and O–H groups in total. The third-order valence-corrected chi connectivity index (χ3v) is 2.72. The zero-order valence-electron chi connectivity index (χ0n) is 7.39. The van der Waals surface area contributed by atoms with E-state index >= 15 is 0 Å². The van der Waals surface area contributed by atoms with Crippen LogP contribution in [0.2, 0.25) is 0 Å². The normalized spacial score (nSPS) is 13.9. The van der Waals surface area contributed by atoms with Crippen LogP contribution < -0.4 is 0 Å². The molecule has 0 saturated heterocycles. The van der Waals surface area contributed by atoms with Crippen molar-refractivity contribution in [2.45, 2.75) is 12.5 Å². The molecular formula is C9H7Br2F3O. The van der Waals surface area contributed by atoms with Gasteiger partial charge in [-0.1, -0.05) is 44.0 Å². The minimum atomic E-state index is -4.62. The van der Waals surface area contributed by atoms with Gasteiger partial charge in [0.25, 0.3) is 0 Å². The summed E-state index contributed by atoms with van der Waals surface area (Å²) in [5.41, 5.74) is 0.471. The fraction of sp³-hybridized carbons (Fsp3) is 0.333. The second kappa shape index (κ2) is 5.32. The molecule has 6 heteroatoms. The molecule has 0 fully saturated rings. The Bertz CT molecular complexity index is 327. The van der Waals surface area contributed by atoms with Crippen LogP contribution in [0.5, 0.6) is 0 Å². The Morgan fingerprint density at radius 3 is 2.47 bits per heavy atom. The molecule has 0 aromatic heterocycles. The lowest BCUT2D eigenvalue weighted by Gasteiger charge is -2.17. The number of halogens is 5. The molecule has 1 aromatic rings. The third-order valence-electron chi connectivity index (χ3n) is 1.64. The van der Waals surface area contributed by atoms with E-state index in [2.05, 4.69) is 36.6 Å². The van der Waals surface area contributed by atoms with E-state index in [0.717, 1.165) is 4.47 Å². The van der Waals surface area contributed by atoms with Crippen molar-refractivity contribution < 1.29 is 17.9 Å². The first-order valence-corrected chi connectivity index (χ1v) is 5.90. The molecule has 0 saturated carbocycles. The monoisotopic (exact) mass is 346 g/mol. The molecule has 1 atom stereocenters. The molecule has 0 aliphatic carbocycles. The topological polar surface area (TPSA) is 9.23 Å². The molecule has 0 spiro atoms. The number of alkyl halides is 4. The first-order valence-electron chi connectivity index (χ1n) is 3.98. The van der Waals surface area contributed by atoms with Gasteiger partial charge in [0.2, 0.25) is 0 Å². The molecule has 0 aliphatic heterocycles. The molecule has 1 nitrogen and oxygen atoms in total. The summed E-state index contributed by atoms with van der Waals surface area (Å²) in [6.45, 7) is 0. The largest absolute Gasteiger partial charge is 0.523 e. The predicted molar refractivity (Wildman–Crippen MR) is 57.8 cm³/mol. The van der Waals surface area contributed by atoms with Gasteiger partial charge in [-0.15, -0.1) is 13.2 Å². The van der Waals surface area contributed by atoms with Gasteiger partial charge in [0.05, 0.1) is 0 Å². The molecule has 84 valence electrons. The molecule has 1 aromatic carbocycles. The van der Waals surface area contributed by atoms with Crippen LogP contribution in [0.25, 0.3) is 0 Å². The zero-order valence-corrected chi connectivity index (χ0v) is 10.6. The second-order valence-electron chi connectivity index (χ2n) is 2.76. The van der Waals surface area contributed by atoms with Gasteiger partial charge in [-0.05, 0) is 17.7 Å². The summed E-state index contributed by atoms with van der Waals surface area (Å²) in [7, 11) is 0. The summed E-state index contributed by atoms with van der Waals surface area (Å²) in [4.78, 5) is 0. The molecule has 1 rings (SSSR count). The number of hydrogen-bond donors (Lipinski definition) is 0. The zero-order chi connectivity index (χ0) is 11.5. The predicted octanol–water partition coefficient (Wildman–Crippen LogP) is 4.42. The summed E-state index contributed by atoms with van der Waals surface area (Å²) in [5, 5.41) is 0.0863. The quantitative estimate of drug-likeness (QED) is 0.735. The summed E-state index contributed by atoms with van der Waals surface area (Å²) < 4.78 is 40.8. The Labute approximate surface area is 102 Å². The van der Waals surface area contributed by atoms with E-state index in [-0.39, 0.29) is 5.33 Å². The van der Waals surface area contributed by atoms with E-state index in [1.807, 2.05) is 0 Å². The van der Waals surface area contributed by atoms with E-state index in [4.69, 9.17) is 0 Å². The summed E-state index contributed by atoms with van der Waals surface area (Å²) in [6, 6.07) is 6.58. The Morgan fingerprint density at radius 2 is 2.00 bits per heavy atom. The molecule has 1 unspecified atom stereocenters. The van der Waals surface area contributed by atoms with Crippen LogP contribution in [0.3, 0.4) is 0 Å². The summed E-state index contributed by atoms with van der Waals surface area (Å²) in [5.74, 6) is 0. The SMILES string of the molecule is FC(F)(F)OC(CBr)c1cccc(Br)c1. The fourth-order valence-corrected chi connectivity index (χ4v) is 1.98. The van der Waals surface area contributed by atoms with Crippen molar-refractivity contribution in [2.24, 2.45) is 0 Å². The van der Waals surface area contributed by atoms with Crippen LogP contribution in [-0.4, -0.2) is 11.7 Å². The Kier molecular flexibility index (Phi) is 4.61. The highest BCUT2D eigenvalue weighted by molar-refractivity contribution is 9.10. The van der Waals surface area contributed by atoms with Crippen molar-refractivity contribution in [3.05, 3.63) is 34.3 Å². The maximum absolute atomic E-state index is 12.0. The molecule has 0 amide bonds. The maximum atomic E-state index is 12.0. The van der Waals surface area contributed by atoms with Gasteiger partial charge in [0.1, 0.15) is 6.10 Å². The Morgan fingerprint density at radius 1 is 1.33 bits per heavy atom. The van der Waals surface area contributed by atoms with E-state index < -0.39 is 12.5 Å². The smallest absolute Gasteiger partial charge is 0.283 e. The Balaban J connectivity index is 2.83. The number of ether oxygens (including phenoxy) is 1. The van der Waals surface area contributed by atoms with Crippen molar-refractivity contribution in [1.82, 2.24) is 0 Å². The van der Waals surface area contributed by atoms with E-state index in [1.54, 1.807) is 24.3 Å². The van der Waals surface area contributed by atoms with Crippen LogP contribution in [0.15, 0.2) is 28.7 Å². The van der Waals surface area contributed by atoms with Crippen molar-refractivity contribution in [3.63, 3.8) is 0 Å². The van der Waals surface area contributed by atoms with Crippen LogP contribution in [0.1, 0.15) is 11.7 Å². The first-order chi connectivity index (χ1) is 6.92. The van der Waals surface area contributed by atoms with Crippen molar-refractivity contribution in [1.29, 1.82) is 0 Å². The van der Waals surface area contributed by atoms with Crippen LogP contribution in [0.4, 0.5) is 13.2 Å². The lowest BCUT2D eigenvalue weighted by atomic mass is 10.1. The average molecular weight is 348 g/mol. The molecular weight excluding hydrogens is 341 g/mol. The minimum absolute atomic E-state index is 0.0863. The van der Waals surface area contributed by atoms with Gasteiger partial charge in [-0.25, -0.2) is 0 Å². The van der Waals surface area contributed by atoms with Gasteiger partial charge < -0.3 is 0 Å². The summed E-state index contributed by atoms with van der Waals surface area (Å²) >= 11 is 6.18. The molecule has 15 heavy (non-hydrogen) atoms. The maximum Gasteiger partial charge on any atom is 0.523 e. The van der Waals surface area contributed by atoms with E-state index in [9.17, 15) is 13.2 Å². The third kappa shape index (κ3) is 4.53. The second-order valence-corrected chi connectivity index (χ2v) is 4.32. The lowest BCUT2D eigenvalue weighted by Crippen LogP contribution is -2.19. The number of hydrogen-bond acceptors (Lipinski definition) is 1. The van der Waals surface area contributed by atoms with E-state index in [1.165, 1.54) is 0 Å². The molecule has 0 radical (unpaired) electrons. The molecule has 0 bridgehead atoms. The van der Waals surface area contributed by atoms with Crippen molar-refractivity contribution >= 4 is 31.9 Å². The number of rotatable bonds is 3. The molecule has 0 aliphatic rings. The van der Waals surface area contributed by atoms with Gasteiger partial charge in [-0.2, -0.15) is 0 Å². The standard InChI is InChI=1S/C9H7Br2F3O/c10-5-8(15-9(12,13)14)6-2-1-3-7(11)4-6/h1-4,8H,5H2. The fourth-order valence-electron chi connectivity index (χ4n) is 1.06. The minimum Gasteiger partial charge on any atom is -0.283 e. The van der Waals surface area contributed by atoms with Crippen LogP contribution in [0, 0.1) is 0 Å². The van der Waals surface area contributed by atoms with Gasteiger partial charge in [0, 0.05) is 9.80 Å². The molecule has 0 heterocycles. The lowest BCUT2D eigenvalue weighted by molar-refractivity contribution is -0.341. The van der Waals surface area contributed by atoms with Gasteiger partial charge in [0.15, 0.2) is 0 Å². The van der Waals surface area contributed by atoms with Crippen LogP contribution in [-0.2, 0) is 4.74 Å². The Hall–Kier alpha value is -0.0700. The van der Waals surface area contributed by atoms with Crippen LogP contribution >= 0.6 is 31.9 Å². The highest BCUT2D eigenvalue weighted by atomic mass is 79.9. The van der Waals surface area contributed by atoms with Gasteiger partial charge >= 0.3 is 6.36 Å². The van der Waals surface area contributed by atoms with Crippen molar-refractivity contribution in [3.8, 4) is 0 Å². The average Bonchev–Trinajstić information content (AvgIpc) is 2.13. The van der Waals surface area contributed by atoms with Gasteiger partial charge in [-0.3, -0.25) is 4.74 Å². The highest BCUT2D eigenvalue weighted by Gasteiger charge is 2.33. The number of benzene rings is 1.